The fraction of sp³-hybridized carbons (Fsp3) is 0. The molecule has 1 amide bonds. The lowest BCUT2D eigenvalue weighted by atomic mass is 10.1. The Labute approximate surface area is 112 Å². The highest BCUT2D eigenvalue weighted by atomic mass is 19.1. The number of benzene rings is 2. The van der Waals surface area contributed by atoms with Crippen LogP contribution < -0.4 is 5.32 Å². The maximum Gasteiger partial charge on any atom is 0.262 e. The van der Waals surface area contributed by atoms with Crippen LogP contribution >= 0.6 is 0 Å². The van der Waals surface area contributed by atoms with Crippen molar-refractivity contribution in [2.24, 2.45) is 0 Å². The van der Waals surface area contributed by atoms with Crippen LogP contribution in [0.5, 0.6) is 5.75 Å². The summed E-state index contributed by atoms with van der Waals surface area (Å²) in [5, 5.41) is 20.2. The first-order chi connectivity index (χ1) is 9.52. The van der Waals surface area contributed by atoms with E-state index in [0.717, 1.165) is 18.2 Å². The molecule has 2 rings (SSSR count). The fourth-order valence-electron chi connectivity index (χ4n) is 1.61. The van der Waals surface area contributed by atoms with Gasteiger partial charge in [0.1, 0.15) is 22.9 Å². The quantitative estimate of drug-likeness (QED) is 0.884. The van der Waals surface area contributed by atoms with Gasteiger partial charge in [0.05, 0.1) is 17.3 Å². The van der Waals surface area contributed by atoms with Crippen LogP contribution in [-0.2, 0) is 0 Å². The fourth-order valence-corrected chi connectivity index (χ4v) is 1.61. The van der Waals surface area contributed by atoms with Crippen molar-refractivity contribution in [3.8, 4) is 11.8 Å². The van der Waals surface area contributed by atoms with Gasteiger partial charge >= 0.3 is 0 Å². The van der Waals surface area contributed by atoms with Gasteiger partial charge in [0, 0.05) is 0 Å². The number of anilines is 1. The highest BCUT2D eigenvalue weighted by Crippen LogP contribution is 2.22. The van der Waals surface area contributed by atoms with Crippen LogP contribution in [0.15, 0.2) is 36.4 Å². The molecule has 0 radical (unpaired) electrons. The molecule has 0 spiro atoms. The molecule has 0 bridgehead atoms. The molecule has 0 aliphatic rings. The number of rotatable bonds is 2. The molecule has 0 aliphatic carbocycles. The van der Waals surface area contributed by atoms with Crippen molar-refractivity contribution in [3.63, 3.8) is 0 Å². The normalized spacial score (nSPS) is 9.85. The van der Waals surface area contributed by atoms with Crippen molar-refractivity contribution in [1.29, 1.82) is 5.26 Å². The standard InChI is InChI=1S/C14H8F2N2O2/c15-9-2-1-3-12(19)13(9)14(20)18-11-5-4-8(7-17)6-10(11)16/h1-6,19H,(H,18,20). The van der Waals surface area contributed by atoms with Crippen molar-refractivity contribution in [3.05, 3.63) is 59.2 Å². The molecule has 0 atom stereocenters. The zero-order valence-corrected chi connectivity index (χ0v) is 10.0. The van der Waals surface area contributed by atoms with E-state index < -0.39 is 28.9 Å². The molecule has 0 heterocycles. The molecule has 0 saturated heterocycles. The summed E-state index contributed by atoms with van der Waals surface area (Å²) in [5.74, 6) is -3.27. The molecule has 20 heavy (non-hydrogen) atoms. The van der Waals surface area contributed by atoms with Crippen LogP contribution in [0.3, 0.4) is 0 Å². The van der Waals surface area contributed by atoms with Crippen molar-refractivity contribution in [2.45, 2.75) is 0 Å². The highest BCUT2D eigenvalue weighted by molar-refractivity contribution is 6.06. The lowest BCUT2D eigenvalue weighted by Crippen LogP contribution is -2.15. The number of phenolic OH excluding ortho intramolecular Hbond substituents is 1. The number of nitrogens with zero attached hydrogens (tertiary/aromatic N) is 1. The number of amides is 1. The van der Waals surface area contributed by atoms with Crippen LogP contribution in [0.4, 0.5) is 14.5 Å². The summed E-state index contributed by atoms with van der Waals surface area (Å²) < 4.78 is 27.1. The summed E-state index contributed by atoms with van der Waals surface area (Å²) in [4.78, 5) is 11.8. The third kappa shape index (κ3) is 2.57. The minimum absolute atomic E-state index is 0.0919. The number of nitriles is 1. The Morgan fingerprint density at radius 1 is 1.20 bits per heavy atom. The van der Waals surface area contributed by atoms with Crippen molar-refractivity contribution in [2.75, 3.05) is 5.32 Å². The summed E-state index contributed by atoms with van der Waals surface area (Å²) in [6, 6.07) is 8.57. The van der Waals surface area contributed by atoms with Crippen LogP contribution in [0.2, 0.25) is 0 Å². The van der Waals surface area contributed by atoms with Crippen molar-refractivity contribution < 1.29 is 18.7 Å². The number of phenols is 1. The molecule has 4 nitrogen and oxygen atoms in total. The summed E-state index contributed by atoms with van der Waals surface area (Å²) in [5.41, 5.74) is -0.692. The van der Waals surface area contributed by atoms with E-state index in [9.17, 15) is 18.7 Å². The Morgan fingerprint density at radius 3 is 2.55 bits per heavy atom. The molecule has 0 unspecified atom stereocenters. The molecule has 0 aliphatic heterocycles. The third-order valence-corrected chi connectivity index (χ3v) is 2.57. The maximum atomic E-state index is 13.6. The van der Waals surface area contributed by atoms with Gasteiger partial charge in [-0.15, -0.1) is 0 Å². The molecule has 2 N–H and O–H groups in total. The second-order valence-electron chi connectivity index (χ2n) is 3.89. The van der Waals surface area contributed by atoms with Gasteiger partial charge in [-0.3, -0.25) is 4.79 Å². The zero-order chi connectivity index (χ0) is 14.7. The van der Waals surface area contributed by atoms with Gasteiger partial charge < -0.3 is 10.4 Å². The summed E-state index contributed by atoms with van der Waals surface area (Å²) in [7, 11) is 0. The number of hydrogen-bond acceptors (Lipinski definition) is 3. The molecule has 2 aromatic carbocycles. The summed E-state index contributed by atoms with van der Waals surface area (Å²) in [6.07, 6.45) is 0. The van der Waals surface area contributed by atoms with E-state index in [0.29, 0.717) is 0 Å². The van der Waals surface area contributed by atoms with Crippen LogP contribution in [0, 0.1) is 23.0 Å². The second kappa shape index (κ2) is 5.36. The van der Waals surface area contributed by atoms with E-state index in [1.165, 1.54) is 18.2 Å². The molecule has 100 valence electrons. The van der Waals surface area contributed by atoms with Crippen molar-refractivity contribution in [1.82, 2.24) is 0 Å². The highest BCUT2D eigenvalue weighted by Gasteiger charge is 2.17. The van der Waals surface area contributed by atoms with Gasteiger partial charge in [0.25, 0.3) is 5.91 Å². The predicted molar refractivity (Wildman–Crippen MR) is 67.1 cm³/mol. The van der Waals surface area contributed by atoms with Gasteiger partial charge in [-0.25, -0.2) is 8.78 Å². The molecule has 0 fully saturated rings. The SMILES string of the molecule is N#Cc1ccc(NC(=O)c2c(O)cccc2F)c(F)c1. The Morgan fingerprint density at radius 2 is 1.95 bits per heavy atom. The van der Waals surface area contributed by atoms with E-state index in [1.54, 1.807) is 6.07 Å². The average Bonchev–Trinajstić information content (AvgIpc) is 2.41. The molecule has 6 heteroatoms. The predicted octanol–water partition coefficient (Wildman–Crippen LogP) is 2.79. The minimum Gasteiger partial charge on any atom is -0.507 e. The zero-order valence-electron chi connectivity index (χ0n) is 10.0. The number of halogens is 2. The Bertz CT molecular complexity index is 703. The first-order valence-corrected chi connectivity index (χ1v) is 5.51. The van der Waals surface area contributed by atoms with Gasteiger partial charge in [-0.2, -0.15) is 5.26 Å². The molecular weight excluding hydrogens is 266 g/mol. The molecular formula is C14H8F2N2O2. The Kier molecular flexibility index (Phi) is 3.62. The average molecular weight is 274 g/mol. The first kappa shape index (κ1) is 13.5. The van der Waals surface area contributed by atoms with E-state index >= 15 is 0 Å². The number of aromatic hydroxyl groups is 1. The minimum atomic E-state index is -0.982. The number of hydrogen-bond donors (Lipinski definition) is 2. The van der Waals surface area contributed by atoms with Crippen LogP contribution in [0.25, 0.3) is 0 Å². The molecule has 0 aromatic heterocycles. The van der Waals surface area contributed by atoms with E-state index in [4.69, 9.17) is 5.26 Å². The molecule has 2 aromatic rings. The van der Waals surface area contributed by atoms with Gasteiger partial charge in [-0.1, -0.05) is 6.07 Å². The number of carbonyl (C=O) groups is 1. The lowest BCUT2D eigenvalue weighted by molar-refractivity contribution is 0.102. The number of nitrogens with one attached hydrogen (secondary N) is 1. The summed E-state index contributed by atoms with van der Waals surface area (Å²) >= 11 is 0. The molecule has 0 saturated carbocycles. The van der Waals surface area contributed by atoms with Gasteiger partial charge in [0.15, 0.2) is 0 Å². The number of carbonyl (C=O) groups excluding carboxylic acids is 1. The first-order valence-electron chi connectivity index (χ1n) is 5.51. The topological polar surface area (TPSA) is 73.1 Å². The monoisotopic (exact) mass is 274 g/mol. The van der Waals surface area contributed by atoms with E-state index in [1.807, 2.05) is 0 Å². The smallest absolute Gasteiger partial charge is 0.262 e. The second-order valence-corrected chi connectivity index (χ2v) is 3.89. The largest absolute Gasteiger partial charge is 0.507 e. The van der Waals surface area contributed by atoms with Gasteiger partial charge in [0.2, 0.25) is 0 Å². The Balaban J connectivity index is 2.31. The summed E-state index contributed by atoms with van der Waals surface area (Å²) in [6.45, 7) is 0. The van der Waals surface area contributed by atoms with Crippen LogP contribution in [0.1, 0.15) is 15.9 Å². The van der Waals surface area contributed by atoms with E-state index in [2.05, 4.69) is 5.32 Å². The maximum absolute atomic E-state index is 13.6. The third-order valence-electron chi connectivity index (χ3n) is 2.57. The van der Waals surface area contributed by atoms with Crippen LogP contribution in [-0.4, -0.2) is 11.0 Å². The lowest BCUT2D eigenvalue weighted by Gasteiger charge is -2.08. The van der Waals surface area contributed by atoms with Crippen molar-refractivity contribution >= 4 is 11.6 Å². The van der Waals surface area contributed by atoms with Gasteiger partial charge in [-0.05, 0) is 30.3 Å². The van der Waals surface area contributed by atoms with E-state index in [-0.39, 0.29) is 11.3 Å². The Hall–Kier alpha value is -2.94.